The Morgan fingerprint density at radius 1 is 1.38 bits per heavy atom. The molecular formula is C13H9BrN4O3. The zero-order valence-electron chi connectivity index (χ0n) is 10.8. The summed E-state index contributed by atoms with van der Waals surface area (Å²) < 4.78 is 7.96. The van der Waals surface area contributed by atoms with Crippen molar-refractivity contribution in [3.8, 4) is 11.6 Å². The van der Waals surface area contributed by atoms with Crippen LogP contribution < -0.4 is 4.74 Å². The number of carboxylic acid groups (broad SMARTS) is 1. The summed E-state index contributed by atoms with van der Waals surface area (Å²) in [6.45, 7) is 0. The lowest BCUT2D eigenvalue weighted by atomic mass is 10.2. The van der Waals surface area contributed by atoms with Crippen molar-refractivity contribution in [1.82, 2.24) is 19.7 Å². The average molecular weight is 349 g/mol. The first kappa shape index (κ1) is 13.5. The summed E-state index contributed by atoms with van der Waals surface area (Å²) in [5, 5.41) is 13.9. The Hall–Kier alpha value is -2.48. The topological polar surface area (TPSA) is 90.1 Å². The van der Waals surface area contributed by atoms with Crippen LogP contribution in [0.5, 0.6) is 11.6 Å². The van der Waals surface area contributed by atoms with Crippen molar-refractivity contribution in [3.63, 3.8) is 0 Å². The molecule has 8 heteroatoms. The lowest BCUT2D eigenvalue weighted by molar-refractivity contribution is 0.0694. The van der Waals surface area contributed by atoms with E-state index in [2.05, 4.69) is 31.0 Å². The minimum Gasteiger partial charge on any atom is -0.478 e. The number of aromatic nitrogens is 4. The summed E-state index contributed by atoms with van der Waals surface area (Å²) in [5.41, 5.74) is 0.653. The molecule has 2 aromatic heterocycles. The summed E-state index contributed by atoms with van der Waals surface area (Å²) in [5.74, 6) is -0.622. The van der Waals surface area contributed by atoms with E-state index in [1.165, 1.54) is 12.4 Å². The molecule has 0 aliphatic rings. The Balaban J connectivity index is 2.10. The fraction of sp³-hybridized carbons (Fsp3) is 0.0769. The van der Waals surface area contributed by atoms with Gasteiger partial charge in [0, 0.05) is 11.5 Å². The van der Waals surface area contributed by atoms with E-state index in [0.717, 1.165) is 0 Å². The minimum atomic E-state index is -1.08. The number of hydrogen-bond donors (Lipinski definition) is 1. The van der Waals surface area contributed by atoms with Crippen molar-refractivity contribution < 1.29 is 14.6 Å². The number of aromatic carboxylic acids is 1. The maximum absolute atomic E-state index is 11.2. The molecule has 3 aromatic rings. The third-order valence-corrected chi connectivity index (χ3v) is 3.37. The molecule has 0 amide bonds. The van der Waals surface area contributed by atoms with Crippen molar-refractivity contribution in [3.05, 3.63) is 40.8 Å². The predicted molar refractivity (Wildman–Crippen MR) is 77.5 cm³/mol. The summed E-state index contributed by atoms with van der Waals surface area (Å²) in [6, 6.07) is 4.67. The molecule has 0 atom stereocenters. The second-order valence-corrected chi connectivity index (χ2v) is 5.15. The number of hydrogen-bond acceptors (Lipinski definition) is 5. The number of aryl methyl sites for hydroxylation is 1. The number of rotatable bonds is 3. The highest BCUT2D eigenvalue weighted by Gasteiger charge is 2.16. The molecule has 0 aliphatic heterocycles. The Morgan fingerprint density at radius 3 is 2.95 bits per heavy atom. The molecule has 3 rings (SSSR count). The molecule has 1 aromatic carbocycles. The Morgan fingerprint density at radius 2 is 2.19 bits per heavy atom. The molecule has 7 nitrogen and oxygen atoms in total. The van der Waals surface area contributed by atoms with Crippen LogP contribution in [0.4, 0.5) is 0 Å². The number of carbonyl (C=O) groups is 1. The molecule has 0 aliphatic carbocycles. The average Bonchev–Trinajstić information content (AvgIpc) is 2.82. The summed E-state index contributed by atoms with van der Waals surface area (Å²) in [4.78, 5) is 19.4. The van der Waals surface area contributed by atoms with Crippen LogP contribution in [0.1, 0.15) is 10.4 Å². The van der Waals surface area contributed by atoms with E-state index in [1.807, 2.05) is 0 Å². The van der Waals surface area contributed by atoms with Crippen LogP contribution >= 0.6 is 15.9 Å². The third kappa shape index (κ3) is 2.45. The Kier molecular flexibility index (Phi) is 3.30. The fourth-order valence-corrected chi connectivity index (χ4v) is 2.22. The molecular weight excluding hydrogens is 340 g/mol. The predicted octanol–water partition coefficient (Wildman–Crippen LogP) is 2.62. The van der Waals surface area contributed by atoms with E-state index < -0.39 is 5.97 Å². The van der Waals surface area contributed by atoms with Gasteiger partial charge >= 0.3 is 5.97 Å². The largest absolute Gasteiger partial charge is 0.478 e. The highest BCUT2D eigenvalue weighted by atomic mass is 79.9. The zero-order valence-corrected chi connectivity index (χ0v) is 12.4. The first-order valence-corrected chi connectivity index (χ1v) is 6.69. The van der Waals surface area contributed by atoms with E-state index in [0.29, 0.717) is 15.5 Å². The highest BCUT2D eigenvalue weighted by molar-refractivity contribution is 9.10. The van der Waals surface area contributed by atoms with Gasteiger partial charge in [0.15, 0.2) is 5.65 Å². The van der Waals surface area contributed by atoms with Crippen LogP contribution in [0.2, 0.25) is 0 Å². The van der Waals surface area contributed by atoms with E-state index in [-0.39, 0.29) is 17.2 Å². The molecule has 0 spiro atoms. The summed E-state index contributed by atoms with van der Waals surface area (Å²) in [7, 11) is 1.75. The number of benzene rings is 1. The Labute approximate surface area is 127 Å². The second kappa shape index (κ2) is 5.13. The third-order valence-electron chi connectivity index (χ3n) is 2.87. The lowest BCUT2D eigenvalue weighted by Gasteiger charge is -2.08. The lowest BCUT2D eigenvalue weighted by Crippen LogP contribution is -2.01. The van der Waals surface area contributed by atoms with E-state index in [9.17, 15) is 9.90 Å². The molecule has 1 N–H and O–H groups in total. The van der Waals surface area contributed by atoms with Crippen molar-refractivity contribution in [2.45, 2.75) is 0 Å². The second-order valence-electron chi connectivity index (χ2n) is 4.23. The molecule has 106 valence electrons. The van der Waals surface area contributed by atoms with E-state index >= 15 is 0 Å². The molecule has 21 heavy (non-hydrogen) atoms. The van der Waals surface area contributed by atoms with Gasteiger partial charge in [0.05, 0.1) is 6.20 Å². The van der Waals surface area contributed by atoms with Crippen LogP contribution in [-0.2, 0) is 7.05 Å². The van der Waals surface area contributed by atoms with Crippen molar-refractivity contribution in [1.29, 1.82) is 0 Å². The monoisotopic (exact) mass is 348 g/mol. The van der Waals surface area contributed by atoms with Gasteiger partial charge in [0.25, 0.3) is 0 Å². The van der Waals surface area contributed by atoms with Crippen LogP contribution in [0, 0.1) is 0 Å². The van der Waals surface area contributed by atoms with Crippen LogP contribution in [-0.4, -0.2) is 30.8 Å². The summed E-state index contributed by atoms with van der Waals surface area (Å²) >= 11 is 3.29. The number of halogens is 1. The van der Waals surface area contributed by atoms with Crippen molar-refractivity contribution in [2.75, 3.05) is 0 Å². The maximum atomic E-state index is 11.2. The maximum Gasteiger partial charge on any atom is 0.339 e. The van der Waals surface area contributed by atoms with Crippen LogP contribution in [0.3, 0.4) is 0 Å². The highest BCUT2D eigenvalue weighted by Crippen LogP contribution is 2.30. The van der Waals surface area contributed by atoms with Crippen molar-refractivity contribution >= 4 is 32.9 Å². The molecule has 0 saturated heterocycles. The zero-order chi connectivity index (χ0) is 15.0. The molecule has 0 radical (unpaired) electrons. The normalized spacial score (nSPS) is 10.8. The van der Waals surface area contributed by atoms with Gasteiger partial charge in [-0.15, -0.1) is 0 Å². The molecule has 0 bridgehead atoms. The quantitative estimate of drug-likeness (QED) is 0.782. The Bertz CT molecular complexity index is 847. The first-order valence-electron chi connectivity index (χ1n) is 5.89. The van der Waals surface area contributed by atoms with Gasteiger partial charge in [0.2, 0.25) is 5.88 Å². The van der Waals surface area contributed by atoms with Gasteiger partial charge in [-0.2, -0.15) is 5.10 Å². The molecule has 0 unspecified atom stereocenters. The van der Waals surface area contributed by atoms with Crippen LogP contribution in [0.25, 0.3) is 11.0 Å². The standard InChI is InChI=1S/C13H9BrN4O3/c1-18-11-9(5-17-18)12(16-6-15-11)21-10-4-7(14)2-3-8(10)13(19)20/h2-6H,1H3,(H,19,20). The van der Waals surface area contributed by atoms with Gasteiger partial charge in [-0.1, -0.05) is 15.9 Å². The van der Waals surface area contributed by atoms with Crippen molar-refractivity contribution in [2.24, 2.45) is 7.05 Å². The molecule has 2 heterocycles. The van der Waals surface area contributed by atoms with Gasteiger partial charge in [0.1, 0.15) is 23.0 Å². The number of fused-ring (bicyclic) bond motifs is 1. The SMILES string of the molecule is Cn1ncc2c(Oc3cc(Br)ccc3C(=O)O)ncnc21. The van der Waals surface area contributed by atoms with E-state index in [4.69, 9.17) is 4.74 Å². The molecule has 0 fully saturated rings. The van der Waals surface area contributed by atoms with Gasteiger partial charge in [-0.25, -0.2) is 14.8 Å². The number of nitrogens with zero attached hydrogens (tertiary/aromatic N) is 4. The fourth-order valence-electron chi connectivity index (χ4n) is 1.88. The smallest absolute Gasteiger partial charge is 0.339 e. The van der Waals surface area contributed by atoms with Gasteiger partial charge in [-0.05, 0) is 18.2 Å². The molecule has 0 saturated carbocycles. The van der Waals surface area contributed by atoms with Gasteiger partial charge < -0.3 is 9.84 Å². The summed E-state index contributed by atoms with van der Waals surface area (Å²) in [6.07, 6.45) is 2.92. The number of ether oxygens (including phenoxy) is 1. The van der Waals surface area contributed by atoms with Gasteiger partial charge in [-0.3, -0.25) is 4.68 Å². The first-order chi connectivity index (χ1) is 10.1. The minimum absolute atomic E-state index is 0.0499. The number of carboxylic acids is 1. The van der Waals surface area contributed by atoms with E-state index in [1.54, 1.807) is 30.1 Å². The van der Waals surface area contributed by atoms with Crippen LogP contribution in [0.15, 0.2) is 35.2 Å².